The Morgan fingerprint density at radius 1 is 1.46 bits per heavy atom. The summed E-state index contributed by atoms with van der Waals surface area (Å²) in [6.07, 6.45) is 3.42. The van der Waals surface area contributed by atoms with Crippen LogP contribution in [0, 0.1) is 6.92 Å². The summed E-state index contributed by atoms with van der Waals surface area (Å²) >= 11 is 3.71. The van der Waals surface area contributed by atoms with Crippen molar-refractivity contribution in [1.29, 1.82) is 0 Å². The Morgan fingerprint density at radius 3 is 2.92 bits per heavy atom. The molecule has 0 aliphatic rings. The van der Waals surface area contributed by atoms with Crippen molar-refractivity contribution in [2.45, 2.75) is 19.9 Å². The molecule has 74 valence electrons. The van der Waals surface area contributed by atoms with Crippen molar-refractivity contribution < 1.29 is 0 Å². The molecule has 0 fully saturated rings. The highest BCUT2D eigenvalue weighted by molar-refractivity contribution is 7.98. The van der Waals surface area contributed by atoms with Crippen LogP contribution in [0.4, 0.5) is 0 Å². The molecule has 0 radical (unpaired) electrons. The lowest BCUT2D eigenvalue weighted by molar-refractivity contribution is 0.678. The lowest BCUT2D eigenvalue weighted by atomic mass is 10.2. The highest BCUT2D eigenvalue weighted by Gasteiger charge is 1.97. The fraction of sp³-hybridized carbons (Fsp3) is 0.600. The Bertz CT molecular complexity index is 233. The zero-order valence-electron chi connectivity index (χ0n) is 8.30. The maximum atomic E-state index is 3.46. The summed E-state index contributed by atoms with van der Waals surface area (Å²) in [6, 6.07) is 0. The molecule has 0 amide bonds. The van der Waals surface area contributed by atoms with Crippen LogP contribution in [0.2, 0.25) is 0 Å². The first kappa shape index (κ1) is 11.1. The summed E-state index contributed by atoms with van der Waals surface area (Å²) in [5.74, 6) is 1.26. The summed E-state index contributed by atoms with van der Waals surface area (Å²) in [6.45, 7) is 4.34. The minimum atomic E-state index is 1.03. The summed E-state index contributed by atoms with van der Waals surface area (Å²) in [5.41, 5.74) is 2.87. The lowest BCUT2D eigenvalue weighted by Crippen LogP contribution is -2.15. The summed E-state index contributed by atoms with van der Waals surface area (Å²) in [7, 11) is 0. The molecule has 0 atom stereocenters. The van der Waals surface area contributed by atoms with Gasteiger partial charge in [-0.15, -0.1) is 0 Å². The van der Waals surface area contributed by atoms with Crippen molar-refractivity contribution in [3.05, 3.63) is 21.9 Å². The van der Waals surface area contributed by atoms with Gasteiger partial charge < -0.3 is 5.32 Å². The van der Waals surface area contributed by atoms with Crippen LogP contribution in [0.15, 0.2) is 10.8 Å². The van der Waals surface area contributed by atoms with Gasteiger partial charge in [-0.25, -0.2) is 0 Å². The van der Waals surface area contributed by atoms with Crippen molar-refractivity contribution >= 4 is 23.1 Å². The van der Waals surface area contributed by atoms with Crippen LogP contribution in [-0.2, 0) is 6.54 Å². The molecule has 3 heteroatoms. The molecule has 1 aromatic rings. The van der Waals surface area contributed by atoms with Crippen LogP contribution in [0.3, 0.4) is 0 Å². The monoisotopic (exact) mass is 215 g/mol. The number of hydrogen-bond acceptors (Lipinski definition) is 3. The predicted octanol–water partition coefficient (Wildman–Crippen LogP) is 2.90. The van der Waals surface area contributed by atoms with E-state index in [2.05, 4.69) is 29.3 Å². The highest BCUT2D eigenvalue weighted by Crippen LogP contribution is 2.12. The number of thioether (sulfide) groups is 1. The Morgan fingerprint density at radius 2 is 2.31 bits per heavy atom. The maximum absolute atomic E-state index is 3.46. The molecule has 0 unspecified atom stereocenters. The van der Waals surface area contributed by atoms with E-state index in [4.69, 9.17) is 0 Å². The third kappa shape index (κ3) is 4.16. The first-order valence-corrected chi connectivity index (χ1v) is 6.89. The largest absolute Gasteiger partial charge is 0.313 e. The van der Waals surface area contributed by atoms with Gasteiger partial charge in [0.05, 0.1) is 0 Å². The summed E-state index contributed by atoms with van der Waals surface area (Å²) in [5, 5.41) is 7.90. The van der Waals surface area contributed by atoms with Gasteiger partial charge in [-0.1, -0.05) is 0 Å². The number of aryl methyl sites for hydroxylation is 1. The van der Waals surface area contributed by atoms with Gasteiger partial charge in [0.15, 0.2) is 0 Å². The second-order valence-corrected chi connectivity index (χ2v) is 4.83. The van der Waals surface area contributed by atoms with E-state index in [1.54, 1.807) is 11.3 Å². The Kier molecular flexibility index (Phi) is 5.51. The van der Waals surface area contributed by atoms with Crippen LogP contribution >= 0.6 is 23.1 Å². The van der Waals surface area contributed by atoms with E-state index in [1.807, 2.05) is 11.8 Å². The van der Waals surface area contributed by atoms with Crippen LogP contribution in [0.1, 0.15) is 17.5 Å². The third-order valence-corrected chi connectivity index (χ3v) is 3.59. The Hall–Kier alpha value is 0.0100. The van der Waals surface area contributed by atoms with E-state index in [0.717, 1.165) is 13.1 Å². The average Bonchev–Trinajstić information content (AvgIpc) is 2.52. The fourth-order valence-electron chi connectivity index (χ4n) is 1.13. The molecule has 0 bridgehead atoms. The van der Waals surface area contributed by atoms with Crippen LogP contribution in [0.25, 0.3) is 0 Å². The normalized spacial score (nSPS) is 10.6. The van der Waals surface area contributed by atoms with Gasteiger partial charge in [-0.3, -0.25) is 0 Å². The molecule has 0 saturated carbocycles. The van der Waals surface area contributed by atoms with Gasteiger partial charge in [-0.05, 0) is 53.8 Å². The molecule has 0 spiro atoms. The topological polar surface area (TPSA) is 12.0 Å². The molecule has 1 rings (SSSR count). The van der Waals surface area contributed by atoms with Gasteiger partial charge >= 0.3 is 0 Å². The second kappa shape index (κ2) is 6.46. The SMILES string of the molecule is CSCCCNCc1cscc1C. The van der Waals surface area contributed by atoms with Crippen molar-refractivity contribution in [3.8, 4) is 0 Å². The zero-order valence-corrected chi connectivity index (χ0v) is 9.93. The lowest BCUT2D eigenvalue weighted by Gasteiger charge is -2.03. The molecular formula is C10H17NS2. The molecule has 1 aromatic heterocycles. The smallest absolute Gasteiger partial charge is 0.0216 e. The van der Waals surface area contributed by atoms with Crippen molar-refractivity contribution in [2.75, 3.05) is 18.6 Å². The van der Waals surface area contributed by atoms with Gasteiger partial charge in [-0.2, -0.15) is 23.1 Å². The fourth-order valence-corrected chi connectivity index (χ4v) is 2.42. The van der Waals surface area contributed by atoms with Gasteiger partial charge in [0, 0.05) is 6.54 Å². The van der Waals surface area contributed by atoms with Crippen molar-refractivity contribution in [2.24, 2.45) is 0 Å². The van der Waals surface area contributed by atoms with Crippen LogP contribution in [-0.4, -0.2) is 18.6 Å². The molecule has 0 aliphatic heterocycles. The minimum absolute atomic E-state index is 1.03. The summed E-state index contributed by atoms with van der Waals surface area (Å²) in [4.78, 5) is 0. The third-order valence-electron chi connectivity index (χ3n) is 1.98. The molecule has 1 heterocycles. The average molecular weight is 215 g/mol. The number of thiophene rings is 1. The Balaban J connectivity index is 2.10. The van der Waals surface area contributed by atoms with E-state index in [-0.39, 0.29) is 0 Å². The van der Waals surface area contributed by atoms with E-state index in [0.29, 0.717) is 0 Å². The zero-order chi connectivity index (χ0) is 9.52. The van der Waals surface area contributed by atoms with Gasteiger partial charge in [0.25, 0.3) is 0 Å². The highest BCUT2D eigenvalue weighted by atomic mass is 32.2. The predicted molar refractivity (Wildman–Crippen MR) is 63.8 cm³/mol. The molecule has 1 nitrogen and oxygen atoms in total. The maximum Gasteiger partial charge on any atom is 0.0216 e. The van der Waals surface area contributed by atoms with E-state index in [9.17, 15) is 0 Å². The molecule has 0 aromatic carbocycles. The molecule has 13 heavy (non-hydrogen) atoms. The van der Waals surface area contributed by atoms with E-state index >= 15 is 0 Å². The first-order chi connectivity index (χ1) is 6.34. The van der Waals surface area contributed by atoms with E-state index < -0.39 is 0 Å². The van der Waals surface area contributed by atoms with Crippen LogP contribution < -0.4 is 5.32 Å². The number of rotatable bonds is 6. The van der Waals surface area contributed by atoms with Gasteiger partial charge in [0.2, 0.25) is 0 Å². The first-order valence-electron chi connectivity index (χ1n) is 4.56. The van der Waals surface area contributed by atoms with Crippen LogP contribution in [0.5, 0.6) is 0 Å². The van der Waals surface area contributed by atoms with Crippen molar-refractivity contribution in [1.82, 2.24) is 5.32 Å². The second-order valence-electron chi connectivity index (χ2n) is 3.10. The summed E-state index contributed by atoms with van der Waals surface area (Å²) < 4.78 is 0. The minimum Gasteiger partial charge on any atom is -0.313 e. The number of hydrogen-bond donors (Lipinski definition) is 1. The molecule has 0 saturated heterocycles. The van der Waals surface area contributed by atoms with Gasteiger partial charge in [0.1, 0.15) is 0 Å². The van der Waals surface area contributed by atoms with E-state index in [1.165, 1.54) is 23.3 Å². The molecular weight excluding hydrogens is 198 g/mol. The number of nitrogens with one attached hydrogen (secondary N) is 1. The quantitative estimate of drug-likeness (QED) is 0.732. The Labute approximate surface area is 88.9 Å². The molecule has 1 N–H and O–H groups in total. The van der Waals surface area contributed by atoms with Crippen molar-refractivity contribution in [3.63, 3.8) is 0 Å². The standard InChI is InChI=1S/C10H17NS2/c1-9-7-13-8-10(9)6-11-4-3-5-12-2/h7-8,11H,3-6H2,1-2H3. The molecule has 0 aliphatic carbocycles.